The quantitative estimate of drug-likeness (QED) is 0.560. The molecular formula is C11H8BrCl2FN4. The van der Waals surface area contributed by atoms with E-state index in [4.69, 9.17) is 29.0 Å². The van der Waals surface area contributed by atoms with Crippen LogP contribution in [0.4, 0.5) is 21.7 Å². The summed E-state index contributed by atoms with van der Waals surface area (Å²) in [6, 6.07) is 6.04. The molecule has 2 aromatic rings. The van der Waals surface area contributed by atoms with Crippen molar-refractivity contribution in [3.63, 3.8) is 0 Å². The fraction of sp³-hybridized carbons (Fsp3) is 0. The monoisotopic (exact) mass is 364 g/mol. The molecule has 8 heteroatoms. The molecule has 100 valence electrons. The number of hydrazine groups is 1. The molecule has 0 bridgehead atoms. The van der Waals surface area contributed by atoms with E-state index in [9.17, 15) is 4.39 Å². The molecule has 0 amide bonds. The smallest absolute Gasteiger partial charge is 0.161 e. The maximum Gasteiger partial charge on any atom is 0.161 e. The first-order valence-corrected chi connectivity index (χ1v) is 6.61. The van der Waals surface area contributed by atoms with Crippen LogP contribution in [-0.2, 0) is 0 Å². The first kappa shape index (κ1) is 14.3. The zero-order valence-electron chi connectivity index (χ0n) is 9.35. The van der Waals surface area contributed by atoms with Gasteiger partial charge in [0.05, 0.1) is 15.7 Å². The van der Waals surface area contributed by atoms with E-state index in [0.29, 0.717) is 4.47 Å². The second-order valence-corrected chi connectivity index (χ2v) is 5.27. The second-order valence-electron chi connectivity index (χ2n) is 3.54. The second kappa shape index (κ2) is 5.92. The SMILES string of the molecule is NNc1nc(Nc2ccc(Br)cc2F)c(Cl)cc1Cl. The Labute approximate surface area is 127 Å². The van der Waals surface area contributed by atoms with Crippen molar-refractivity contribution in [1.82, 2.24) is 4.98 Å². The Morgan fingerprint density at radius 3 is 2.47 bits per heavy atom. The molecule has 4 N–H and O–H groups in total. The highest BCUT2D eigenvalue weighted by molar-refractivity contribution is 9.10. The van der Waals surface area contributed by atoms with Crippen molar-refractivity contribution in [2.45, 2.75) is 0 Å². The summed E-state index contributed by atoms with van der Waals surface area (Å²) in [7, 11) is 0. The van der Waals surface area contributed by atoms with Gasteiger partial charge in [-0.3, -0.25) is 0 Å². The van der Waals surface area contributed by atoms with Crippen LogP contribution in [-0.4, -0.2) is 4.98 Å². The van der Waals surface area contributed by atoms with E-state index in [1.54, 1.807) is 12.1 Å². The van der Waals surface area contributed by atoms with Gasteiger partial charge < -0.3 is 10.7 Å². The van der Waals surface area contributed by atoms with Gasteiger partial charge in [-0.25, -0.2) is 15.2 Å². The van der Waals surface area contributed by atoms with Crippen LogP contribution in [0.5, 0.6) is 0 Å². The minimum atomic E-state index is -0.440. The highest BCUT2D eigenvalue weighted by Crippen LogP contribution is 2.31. The Morgan fingerprint density at radius 2 is 1.84 bits per heavy atom. The Hall–Kier alpha value is -1.08. The number of anilines is 3. The van der Waals surface area contributed by atoms with E-state index >= 15 is 0 Å². The largest absolute Gasteiger partial charge is 0.337 e. The predicted molar refractivity (Wildman–Crippen MR) is 79.4 cm³/mol. The van der Waals surface area contributed by atoms with Crippen molar-refractivity contribution in [2.24, 2.45) is 5.84 Å². The average Bonchev–Trinajstić information content (AvgIpc) is 2.35. The number of hydrogen-bond acceptors (Lipinski definition) is 4. The number of rotatable bonds is 3. The molecule has 0 spiro atoms. The lowest BCUT2D eigenvalue weighted by atomic mass is 10.3. The summed E-state index contributed by atoms with van der Waals surface area (Å²) in [6.45, 7) is 0. The van der Waals surface area contributed by atoms with Gasteiger partial charge in [0.15, 0.2) is 11.6 Å². The Morgan fingerprint density at radius 1 is 1.16 bits per heavy atom. The van der Waals surface area contributed by atoms with Crippen molar-refractivity contribution < 1.29 is 4.39 Å². The molecule has 0 aliphatic rings. The normalized spacial score (nSPS) is 10.4. The lowest BCUT2D eigenvalue weighted by Crippen LogP contribution is -2.10. The number of nitrogens with one attached hydrogen (secondary N) is 2. The molecule has 4 nitrogen and oxygen atoms in total. The van der Waals surface area contributed by atoms with Gasteiger partial charge in [0.2, 0.25) is 0 Å². The minimum Gasteiger partial charge on any atom is -0.337 e. The molecule has 0 unspecified atom stereocenters. The fourth-order valence-electron chi connectivity index (χ4n) is 1.37. The summed E-state index contributed by atoms with van der Waals surface area (Å²) in [6.07, 6.45) is 0. The maximum absolute atomic E-state index is 13.7. The molecule has 2 rings (SSSR count). The molecule has 0 radical (unpaired) electrons. The van der Waals surface area contributed by atoms with E-state index in [2.05, 4.69) is 31.7 Å². The number of nitrogen functional groups attached to an aromatic ring is 1. The van der Waals surface area contributed by atoms with E-state index in [1.807, 2.05) is 0 Å². The number of pyridine rings is 1. The van der Waals surface area contributed by atoms with Gasteiger partial charge in [-0.05, 0) is 24.3 Å². The Kier molecular flexibility index (Phi) is 4.46. The summed E-state index contributed by atoms with van der Waals surface area (Å²) in [5.41, 5.74) is 2.57. The molecule has 0 aliphatic carbocycles. The molecule has 0 fully saturated rings. The fourth-order valence-corrected chi connectivity index (χ4v) is 2.17. The third kappa shape index (κ3) is 3.27. The zero-order chi connectivity index (χ0) is 14.0. The zero-order valence-corrected chi connectivity index (χ0v) is 12.4. The van der Waals surface area contributed by atoms with Crippen LogP contribution in [0.1, 0.15) is 0 Å². The minimum absolute atomic E-state index is 0.239. The first-order valence-electron chi connectivity index (χ1n) is 5.06. The molecule has 1 heterocycles. The number of benzene rings is 1. The molecule has 0 saturated carbocycles. The van der Waals surface area contributed by atoms with Gasteiger partial charge in [0.1, 0.15) is 5.82 Å². The van der Waals surface area contributed by atoms with Gasteiger partial charge in [-0.15, -0.1) is 0 Å². The molecular weight excluding hydrogens is 358 g/mol. The van der Waals surface area contributed by atoms with Crippen LogP contribution in [0.25, 0.3) is 0 Å². The van der Waals surface area contributed by atoms with Gasteiger partial charge in [-0.2, -0.15) is 0 Å². The number of halogens is 4. The average molecular weight is 366 g/mol. The standard InChI is InChI=1S/C11H8BrCl2FN4/c12-5-1-2-9(8(15)3-5)17-10-6(13)4-7(14)11(18-10)19-16/h1-4H,16H2,(H2,17,18,19). The van der Waals surface area contributed by atoms with Crippen molar-refractivity contribution in [2.75, 3.05) is 10.7 Å². The van der Waals surface area contributed by atoms with Crippen LogP contribution in [0.3, 0.4) is 0 Å². The van der Waals surface area contributed by atoms with E-state index < -0.39 is 5.82 Å². The van der Waals surface area contributed by atoms with Gasteiger partial charge in [-0.1, -0.05) is 39.1 Å². The Bertz CT molecular complexity index is 624. The van der Waals surface area contributed by atoms with Crippen LogP contribution < -0.4 is 16.6 Å². The van der Waals surface area contributed by atoms with Crippen molar-refractivity contribution in [3.8, 4) is 0 Å². The number of nitrogens with zero attached hydrogens (tertiary/aromatic N) is 1. The van der Waals surface area contributed by atoms with Crippen LogP contribution in [0.15, 0.2) is 28.7 Å². The van der Waals surface area contributed by atoms with Gasteiger partial charge in [0.25, 0.3) is 0 Å². The third-order valence-corrected chi connectivity index (χ3v) is 3.32. The number of nitrogens with two attached hydrogens (primary N) is 1. The number of hydrogen-bond donors (Lipinski definition) is 3. The summed E-state index contributed by atoms with van der Waals surface area (Å²) in [5.74, 6) is 5.32. The summed E-state index contributed by atoms with van der Waals surface area (Å²) in [5, 5.41) is 3.30. The summed E-state index contributed by atoms with van der Waals surface area (Å²) in [4.78, 5) is 4.06. The highest BCUT2D eigenvalue weighted by atomic mass is 79.9. The summed E-state index contributed by atoms with van der Waals surface area (Å²) >= 11 is 15.0. The molecule has 0 atom stereocenters. The van der Waals surface area contributed by atoms with E-state index in [-0.39, 0.29) is 27.4 Å². The van der Waals surface area contributed by atoms with Gasteiger partial charge >= 0.3 is 0 Å². The molecule has 0 aliphatic heterocycles. The van der Waals surface area contributed by atoms with Crippen molar-refractivity contribution >= 4 is 56.5 Å². The maximum atomic E-state index is 13.7. The predicted octanol–water partition coefficient (Wildman–Crippen LogP) is 4.32. The molecule has 19 heavy (non-hydrogen) atoms. The van der Waals surface area contributed by atoms with Crippen molar-refractivity contribution in [1.29, 1.82) is 0 Å². The Balaban J connectivity index is 2.37. The van der Waals surface area contributed by atoms with E-state index in [1.165, 1.54) is 12.1 Å². The lowest BCUT2D eigenvalue weighted by molar-refractivity contribution is 0.631. The molecule has 1 aromatic carbocycles. The first-order chi connectivity index (χ1) is 9.01. The van der Waals surface area contributed by atoms with Crippen LogP contribution in [0.2, 0.25) is 10.0 Å². The van der Waals surface area contributed by atoms with Crippen LogP contribution in [0, 0.1) is 5.82 Å². The summed E-state index contributed by atoms with van der Waals surface area (Å²) < 4.78 is 14.3. The van der Waals surface area contributed by atoms with Gasteiger partial charge in [0, 0.05) is 4.47 Å². The third-order valence-electron chi connectivity index (χ3n) is 2.25. The van der Waals surface area contributed by atoms with Crippen LogP contribution >= 0.6 is 39.1 Å². The topological polar surface area (TPSA) is 63.0 Å². The van der Waals surface area contributed by atoms with Crippen molar-refractivity contribution in [3.05, 3.63) is 44.6 Å². The molecule has 1 aromatic heterocycles. The lowest BCUT2D eigenvalue weighted by Gasteiger charge is -2.11. The molecule has 0 saturated heterocycles. The number of aromatic nitrogens is 1. The highest BCUT2D eigenvalue weighted by Gasteiger charge is 2.11. The van der Waals surface area contributed by atoms with E-state index in [0.717, 1.165) is 0 Å².